The second kappa shape index (κ2) is 5.41. The summed E-state index contributed by atoms with van der Waals surface area (Å²) in [6.45, 7) is 0. The summed E-state index contributed by atoms with van der Waals surface area (Å²) in [5.74, 6) is 0. The topological polar surface area (TPSA) is 108 Å². The molecule has 0 spiro atoms. The van der Waals surface area contributed by atoms with E-state index in [2.05, 4.69) is 25.1 Å². The minimum absolute atomic E-state index is 0.331. The molecule has 0 saturated carbocycles. The summed E-state index contributed by atoms with van der Waals surface area (Å²) >= 11 is -2.03. The van der Waals surface area contributed by atoms with E-state index in [1.807, 2.05) is 12.1 Å². The lowest BCUT2D eigenvalue weighted by atomic mass is 10.0. The SMILES string of the molecule is O=S(O)c1cccc(-c2[nH]ncc2-c2ncnc3[nH]ccc23)c1. The van der Waals surface area contributed by atoms with Crippen molar-refractivity contribution in [2.45, 2.75) is 4.90 Å². The monoisotopic (exact) mass is 325 g/mol. The van der Waals surface area contributed by atoms with Crippen molar-refractivity contribution in [1.82, 2.24) is 25.1 Å². The molecular formula is C15H11N5O2S. The summed E-state index contributed by atoms with van der Waals surface area (Å²) in [5, 5.41) is 7.94. The van der Waals surface area contributed by atoms with Crippen molar-refractivity contribution in [3.63, 3.8) is 0 Å². The Balaban J connectivity index is 1.91. The molecule has 114 valence electrons. The number of aromatic amines is 2. The van der Waals surface area contributed by atoms with Crippen LogP contribution in [0.1, 0.15) is 0 Å². The van der Waals surface area contributed by atoms with Crippen molar-refractivity contribution in [3.8, 4) is 22.5 Å². The molecule has 0 amide bonds. The molecule has 1 unspecified atom stereocenters. The van der Waals surface area contributed by atoms with E-state index in [1.54, 1.807) is 30.6 Å². The molecule has 3 heterocycles. The van der Waals surface area contributed by atoms with Crippen LogP contribution in [0.5, 0.6) is 0 Å². The maximum atomic E-state index is 11.3. The van der Waals surface area contributed by atoms with Crippen LogP contribution in [0.15, 0.2) is 53.9 Å². The number of fused-ring (bicyclic) bond motifs is 1. The van der Waals surface area contributed by atoms with Crippen LogP contribution < -0.4 is 0 Å². The summed E-state index contributed by atoms with van der Waals surface area (Å²) in [5.41, 5.74) is 3.79. The fourth-order valence-electron chi connectivity index (χ4n) is 2.53. The van der Waals surface area contributed by atoms with Crippen molar-refractivity contribution >= 4 is 22.1 Å². The van der Waals surface area contributed by atoms with Gasteiger partial charge in [-0.25, -0.2) is 14.2 Å². The van der Waals surface area contributed by atoms with Crippen molar-refractivity contribution in [2.75, 3.05) is 0 Å². The molecule has 0 aliphatic heterocycles. The van der Waals surface area contributed by atoms with Gasteiger partial charge in [0.1, 0.15) is 12.0 Å². The van der Waals surface area contributed by atoms with Gasteiger partial charge in [-0.3, -0.25) is 5.10 Å². The van der Waals surface area contributed by atoms with Crippen molar-refractivity contribution in [2.24, 2.45) is 0 Å². The fraction of sp³-hybridized carbons (Fsp3) is 0. The highest BCUT2D eigenvalue weighted by Gasteiger charge is 2.15. The van der Waals surface area contributed by atoms with Crippen LogP contribution in [-0.2, 0) is 11.1 Å². The zero-order chi connectivity index (χ0) is 15.8. The first-order valence-electron chi connectivity index (χ1n) is 6.77. The van der Waals surface area contributed by atoms with E-state index >= 15 is 0 Å². The molecule has 0 aliphatic rings. The number of nitrogens with one attached hydrogen (secondary N) is 2. The van der Waals surface area contributed by atoms with Gasteiger partial charge < -0.3 is 9.54 Å². The van der Waals surface area contributed by atoms with E-state index in [4.69, 9.17) is 0 Å². The highest BCUT2D eigenvalue weighted by Crippen LogP contribution is 2.32. The van der Waals surface area contributed by atoms with Gasteiger partial charge in [-0.2, -0.15) is 5.10 Å². The number of benzene rings is 1. The van der Waals surface area contributed by atoms with E-state index < -0.39 is 11.1 Å². The Kier molecular flexibility index (Phi) is 3.25. The number of rotatable bonds is 3. The van der Waals surface area contributed by atoms with Crippen molar-refractivity contribution < 1.29 is 8.76 Å². The minimum atomic E-state index is -2.03. The molecule has 3 aromatic heterocycles. The second-order valence-electron chi connectivity index (χ2n) is 4.90. The number of H-pyrrole nitrogens is 2. The Morgan fingerprint density at radius 1 is 1.17 bits per heavy atom. The summed E-state index contributed by atoms with van der Waals surface area (Å²) in [6, 6.07) is 8.74. The molecule has 1 atom stereocenters. The van der Waals surface area contributed by atoms with Gasteiger partial charge in [0.25, 0.3) is 0 Å². The van der Waals surface area contributed by atoms with Crippen molar-refractivity contribution in [1.29, 1.82) is 0 Å². The van der Waals surface area contributed by atoms with Gasteiger partial charge in [0.2, 0.25) is 0 Å². The number of nitrogens with zero attached hydrogens (tertiary/aromatic N) is 3. The second-order valence-corrected chi connectivity index (χ2v) is 5.87. The largest absolute Gasteiger partial charge is 0.346 e. The van der Waals surface area contributed by atoms with Gasteiger partial charge in [-0.1, -0.05) is 12.1 Å². The lowest BCUT2D eigenvalue weighted by Gasteiger charge is -2.05. The smallest absolute Gasteiger partial charge is 0.186 e. The first-order chi connectivity index (χ1) is 11.2. The van der Waals surface area contributed by atoms with E-state index in [1.165, 1.54) is 6.33 Å². The average Bonchev–Trinajstić information content (AvgIpc) is 3.23. The summed E-state index contributed by atoms with van der Waals surface area (Å²) in [4.78, 5) is 11.9. The Bertz CT molecular complexity index is 1020. The van der Waals surface area contributed by atoms with Gasteiger partial charge in [-0.15, -0.1) is 0 Å². The van der Waals surface area contributed by atoms with Crippen LogP contribution in [-0.4, -0.2) is 33.9 Å². The minimum Gasteiger partial charge on any atom is -0.346 e. The van der Waals surface area contributed by atoms with Gasteiger partial charge in [0, 0.05) is 22.7 Å². The van der Waals surface area contributed by atoms with Gasteiger partial charge in [0.15, 0.2) is 11.1 Å². The van der Waals surface area contributed by atoms with Gasteiger partial charge >= 0.3 is 0 Å². The Morgan fingerprint density at radius 2 is 2.09 bits per heavy atom. The molecule has 7 nitrogen and oxygen atoms in total. The third-order valence-corrected chi connectivity index (χ3v) is 4.23. The number of aromatic nitrogens is 5. The predicted molar refractivity (Wildman–Crippen MR) is 85.9 cm³/mol. The normalized spacial score (nSPS) is 12.6. The van der Waals surface area contributed by atoms with Crippen LogP contribution >= 0.6 is 0 Å². The molecule has 4 aromatic rings. The van der Waals surface area contributed by atoms with Crippen molar-refractivity contribution in [3.05, 3.63) is 49.1 Å². The number of hydrogen-bond donors (Lipinski definition) is 3. The zero-order valence-corrected chi connectivity index (χ0v) is 12.5. The molecule has 0 aliphatic carbocycles. The molecular weight excluding hydrogens is 314 g/mol. The molecule has 23 heavy (non-hydrogen) atoms. The Morgan fingerprint density at radius 3 is 2.96 bits per heavy atom. The Labute approximate surface area is 133 Å². The zero-order valence-electron chi connectivity index (χ0n) is 11.7. The first-order valence-corrected chi connectivity index (χ1v) is 7.88. The molecule has 0 bridgehead atoms. The standard InChI is InChI=1S/C15H11N5O2S/c21-23(22)10-3-1-2-9(6-10)13-12(7-19-20-13)14-11-4-5-16-15(11)18-8-17-14/h1-8H,(H,19,20)(H,21,22)(H,16,17,18). The lowest BCUT2D eigenvalue weighted by Crippen LogP contribution is -1.91. The molecule has 1 aromatic carbocycles. The van der Waals surface area contributed by atoms with E-state index in [0.717, 1.165) is 33.5 Å². The maximum absolute atomic E-state index is 11.3. The summed E-state index contributed by atoms with van der Waals surface area (Å²) in [7, 11) is 0. The summed E-state index contributed by atoms with van der Waals surface area (Å²) < 4.78 is 20.5. The van der Waals surface area contributed by atoms with Crippen LogP contribution in [0.25, 0.3) is 33.5 Å². The average molecular weight is 325 g/mol. The van der Waals surface area contributed by atoms with Gasteiger partial charge in [-0.05, 0) is 18.2 Å². The lowest BCUT2D eigenvalue weighted by molar-refractivity contribution is 0.564. The summed E-state index contributed by atoms with van der Waals surface area (Å²) in [6.07, 6.45) is 4.98. The molecule has 0 fully saturated rings. The van der Waals surface area contributed by atoms with E-state index in [0.29, 0.717) is 4.90 Å². The Hall–Kier alpha value is -2.84. The molecule has 8 heteroatoms. The highest BCUT2D eigenvalue weighted by atomic mass is 32.2. The molecule has 0 saturated heterocycles. The van der Waals surface area contributed by atoms with E-state index in [-0.39, 0.29) is 0 Å². The van der Waals surface area contributed by atoms with Crippen LogP contribution in [0.3, 0.4) is 0 Å². The van der Waals surface area contributed by atoms with Gasteiger partial charge in [0.05, 0.1) is 22.5 Å². The quantitative estimate of drug-likeness (QED) is 0.502. The van der Waals surface area contributed by atoms with Crippen LogP contribution in [0.4, 0.5) is 0 Å². The molecule has 0 radical (unpaired) electrons. The fourth-order valence-corrected chi connectivity index (χ4v) is 2.96. The molecule has 3 N–H and O–H groups in total. The third-order valence-electron chi connectivity index (χ3n) is 3.57. The highest BCUT2D eigenvalue weighted by molar-refractivity contribution is 7.79. The van der Waals surface area contributed by atoms with Crippen LogP contribution in [0.2, 0.25) is 0 Å². The first kappa shape index (κ1) is 13.8. The molecule has 4 rings (SSSR count). The number of hydrogen-bond acceptors (Lipinski definition) is 4. The van der Waals surface area contributed by atoms with E-state index in [9.17, 15) is 8.76 Å². The third kappa shape index (κ3) is 2.33. The van der Waals surface area contributed by atoms with Crippen LogP contribution in [0, 0.1) is 0 Å². The predicted octanol–water partition coefficient (Wildman–Crippen LogP) is 2.60. The maximum Gasteiger partial charge on any atom is 0.186 e.